The third-order valence-corrected chi connectivity index (χ3v) is 6.00. The molecule has 0 aliphatic carbocycles. The van der Waals surface area contributed by atoms with Crippen molar-refractivity contribution < 1.29 is 14.3 Å². The molecule has 166 valence electrons. The predicted octanol–water partition coefficient (Wildman–Crippen LogP) is 6.05. The lowest BCUT2D eigenvalue weighted by molar-refractivity contribution is -0.143. The number of carbonyl (C=O) groups excluding carboxylic acids is 2. The van der Waals surface area contributed by atoms with Crippen molar-refractivity contribution in [2.24, 2.45) is 5.73 Å². The van der Waals surface area contributed by atoms with Crippen LogP contribution in [0.4, 0.5) is 0 Å². The van der Waals surface area contributed by atoms with E-state index < -0.39 is 0 Å². The summed E-state index contributed by atoms with van der Waals surface area (Å²) in [6.45, 7) is 2.82. The SMILES string of the molecule is CCCCCCCCCCCCCCCCOC(=O)CCSCCC(N)C=O. The molecular formula is C23H45NO3S. The van der Waals surface area contributed by atoms with Crippen molar-refractivity contribution in [2.75, 3.05) is 18.1 Å². The summed E-state index contributed by atoms with van der Waals surface area (Å²) in [5.41, 5.74) is 5.51. The summed E-state index contributed by atoms with van der Waals surface area (Å²) < 4.78 is 5.26. The second kappa shape index (κ2) is 22.7. The van der Waals surface area contributed by atoms with E-state index >= 15 is 0 Å². The molecule has 0 spiro atoms. The van der Waals surface area contributed by atoms with Crippen LogP contribution in [0.1, 0.15) is 110 Å². The Morgan fingerprint density at radius 1 is 0.857 bits per heavy atom. The molecule has 1 atom stereocenters. The smallest absolute Gasteiger partial charge is 0.306 e. The van der Waals surface area contributed by atoms with E-state index in [-0.39, 0.29) is 12.0 Å². The van der Waals surface area contributed by atoms with Gasteiger partial charge in [0, 0.05) is 5.75 Å². The molecule has 4 nitrogen and oxygen atoms in total. The van der Waals surface area contributed by atoms with Crippen molar-refractivity contribution >= 4 is 24.0 Å². The molecule has 1 unspecified atom stereocenters. The van der Waals surface area contributed by atoms with Crippen molar-refractivity contribution in [1.29, 1.82) is 0 Å². The van der Waals surface area contributed by atoms with Crippen molar-refractivity contribution in [3.63, 3.8) is 0 Å². The third-order valence-electron chi connectivity index (χ3n) is 4.98. The second-order valence-electron chi connectivity index (χ2n) is 7.77. The van der Waals surface area contributed by atoms with E-state index in [1.807, 2.05) is 0 Å². The Balaban J connectivity index is 3.16. The van der Waals surface area contributed by atoms with E-state index in [4.69, 9.17) is 10.5 Å². The lowest BCUT2D eigenvalue weighted by Gasteiger charge is -2.06. The van der Waals surface area contributed by atoms with Crippen molar-refractivity contribution in [1.82, 2.24) is 0 Å². The van der Waals surface area contributed by atoms with Gasteiger partial charge in [-0.1, -0.05) is 90.4 Å². The van der Waals surface area contributed by atoms with E-state index in [0.717, 1.165) is 30.6 Å². The Bertz CT molecular complexity index is 353. The molecule has 0 aromatic carbocycles. The van der Waals surface area contributed by atoms with Crippen molar-refractivity contribution in [3.8, 4) is 0 Å². The number of nitrogens with two attached hydrogens (primary N) is 1. The summed E-state index contributed by atoms with van der Waals surface area (Å²) in [5, 5.41) is 0. The molecule has 0 radical (unpaired) electrons. The van der Waals surface area contributed by atoms with Gasteiger partial charge in [0.2, 0.25) is 0 Å². The van der Waals surface area contributed by atoms with Gasteiger partial charge in [-0.3, -0.25) is 4.79 Å². The van der Waals surface area contributed by atoms with E-state index in [1.54, 1.807) is 11.8 Å². The van der Waals surface area contributed by atoms with Crippen LogP contribution in [0, 0.1) is 0 Å². The highest BCUT2D eigenvalue weighted by molar-refractivity contribution is 7.99. The minimum atomic E-state index is -0.375. The highest BCUT2D eigenvalue weighted by Crippen LogP contribution is 2.13. The Morgan fingerprint density at radius 3 is 1.86 bits per heavy atom. The summed E-state index contributed by atoms with van der Waals surface area (Å²) >= 11 is 1.65. The lowest BCUT2D eigenvalue weighted by Crippen LogP contribution is -2.21. The number of aldehydes is 1. The van der Waals surface area contributed by atoms with Crippen LogP contribution in [-0.2, 0) is 14.3 Å². The monoisotopic (exact) mass is 415 g/mol. The summed E-state index contributed by atoms with van der Waals surface area (Å²) in [5.74, 6) is 1.44. The van der Waals surface area contributed by atoms with E-state index in [1.165, 1.54) is 77.0 Å². The van der Waals surface area contributed by atoms with Gasteiger partial charge in [-0.05, 0) is 18.6 Å². The molecule has 0 saturated heterocycles. The molecule has 0 bridgehead atoms. The molecule has 0 aromatic rings. The number of ether oxygens (including phenoxy) is 1. The van der Waals surface area contributed by atoms with E-state index in [0.29, 0.717) is 19.4 Å². The molecule has 0 rings (SSSR count). The molecule has 0 aliphatic heterocycles. The number of rotatable bonds is 22. The van der Waals surface area contributed by atoms with Gasteiger partial charge < -0.3 is 15.3 Å². The molecule has 0 aliphatic rings. The van der Waals surface area contributed by atoms with Gasteiger partial charge in [0.05, 0.1) is 19.1 Å². The van der Waals surface area contributed by atoms with Gasteiger partial charge in [0.25, 0.3) is 0 Å². The van der Waals surface area contributed by atoms with E-state index in [9.17, 15) is 9.59 Å². The average Bonchev–Trinajstić information content (AvgIpc) is 2.70. The largest absolute Gasteiger partial charge is 0.466 e. The molecule has 0 heterocycles. The molecule has 0 aromatic heterocycles. The van der Waals surface area contributed by atoms with Gasteiger partial charge in [0.1, 0.15) is 6.29 Å². The normalized spacial score (nSPS) is 12.1. The number of hydrogen-bond donors (Lipinski definition) is 1. The topological polar surface area (TPSA) is 69.4 Å². The Morgan fingerprint density at radius 2 is 1.36 bits per heavy atom. The number of carbonyl (C=O) groups is 2. The van der Waals surface area contributed by atoms with Crippen LogP contribution >= 0.6 is 11.8 Å². The fraction of sp³-hybridized carbons (Fsp3) is 0.913. The molecule has 28 heavy (non-hydrogen) atoms. The maximum absolute atomic E-state index is 11.6. The van der Waals surface area contributed by atoms with Crippen molar-refractivity contribution in [3.05, 3.63) is 0 Å². The first-order chi connectivity index (χ1) is 13.7. The number of esters is 1. The Kier molecular flexibility index (Phi) is 22.3. The minimum Gasteiger partial charge on any atom is -0.466 e. The van der Waals surface area contributed by atoms with Crippen LogP contribution in [0.15, 0.2) is 0 Å². The quantitative estimate of drug-likeness (QED) is 0.132. The van der Waals surface area contributed by atoms with Gasteiger partial charge in [0.15, 0.2) is 0 Å². The first-order valence-electron chi connectivity index (χ1n) is 11.6. The molecule has 2 N–H and O–H groups in total. The van der Waals surface area contributed by atoms with Crippen molar-refractivity contribution in [2.45, 2.75) is 116 Å². The van der Waals surface area contributed by atoms with Crippen LogP contribution in [-0.4, -0.2) is 36.4 Å². The second-order valence-corrected chi connectivity index (χ2v) is 8.99. The summed E-state index contributed by atoms with van der Waals surface area (Å²) in [6, 6.07) is -0.375. The maximum atomic E-state index is 11.6. The Hall–Kier alpha value is -0.550. The summed E-state index contributed by atoms with van der Waals surface area (Å²) in [7, 11) is 0. The zero-order valence-electron chi connectivity index (χ0n) is 18.3. The zero-order valence-corrected chi connectivity index (χ0v) is 19.1. The summed E-state index contributed by atoms with van der Waals surface area (Å²) in [4.78, 5) is 22.0. The van der Waals surface area contributed by atoms with Crippen LogP contribution < -0.4 is 5.73 Å². The lowest BCUT2D eigenvalue weighted by atomic mass is 10.0. The van der Waals surface area contributed by atoms with Crippen LogP contribution in [0.25, 0.3) is 0 Å². The Labute approximate surface area is 178 Å². The number of thioether (sulfide) groups is 1. The maximum Gasteiger partial charge on any atom is 0.306 e. The zero-order chi connectivity index (χ0) is 20.7. The van der Waals surface area contributed by atoms with Crippen LogP contribution in [0.2, 0.25) is 0 Å². The standard InChI is InChI=1S/C23H45NO3S/c1-2-3-4-5-6-7-8-9-10-11-12-13-14-15-18-27-23(26)17-20-28-19-16-22(24)21-25/h21-22H,2-20,24H2,1H3. The number of hydrogen-bond acceptors (Lipinski definition) is 5. The van der Waals surface area contributed by atoms with Gasteiger partial charge >= 0.3 is 5.97 Å². The average molecular weight is 416 g/mol. The molecular weight excluding hydrogens is 370 g/mol. The summed E-state index contributed by atoms with van der Waals surface area (Å²) in [6.07, 6.45) is 20.5. The minimum absolute atomic E-state index is 0.109. The third kappa shape index (κ3) is 21.7. The fourth-order valence-electron chi connectivity index (χ4n) is 3.10. The van der Waals surface area contributed by atoms with Gasteiger partial charge in [-0.25, -0.2) is 0 Å². The molecule has 0 fully saturated rings. The molecule has 0 amide bonds. The van der Waals surface area contributed by atoms with Crippen LogP contribution in [0.5, 0.6) is 0 Å². The first kappa shape index (κ1) is 27.5. The fourth-order valence-corrected chi connectivity index (χ4v) is 4.05. The van der Waals surface area contributed by atoms with Crippen LogP contribution in [0.3, 0.4) is 0 Å². The highest BCUT2D eigenvalue weighted by atomic mass is 32.2. The highest BCUT2D eigenvalue weighted by Gasteiger charge is 2.04. The van der Waals surface area contributed by atoms with E-state index in [2.05, 4.69) is 6.92 Å². The molecule has 5 heteroatoms. The first-order valence-corrected chi connectivity index (χ1v) is 12.8. The number of unbranched alkanes of at least 4 members (excludes halogenated alkanes) is 13. The predicted molar refractivity (Wildman–Crippen MR) is 122 cm³/mol. The molecule has 0 saturated carbocycles. The van der Waals surface area contributed by atoms with Gasteiger partial charge in [-0.2, -0.15) is 11.8 Å². The van der Waals surface area contributed by atoms with Gasteiger partial charge in [-0.15, -0.1) is 0 Å².